The average molecular weight is 358 g/mol. The van der Waals surface area contributed by atoms with Crippen LogP contribution in [0.1, 0.15) is 44.2 Å². The lowest BCUT2D eigenvalue weighted by molar-refractivity contribution is -0.136. The number of carbonyl (C=O) groups excluding carboxylic acids is 1. The highest BCUT2D eigenvalue weighted by molar-refractivity contribution is 5.79. The van der Waals surface area contributed by atoms with E-state index in [1.165, 1.54) is 12.8 Å². The molecule has 3 aliphatic rings. The van der Waals surface area contributed by atoms with Crippen LogP contribution >= 0.6 is 0 Å². The second kappa shape index (κ2) is 7.91. The lowest BCUT2D eigenvalue weighted by Crippen LogP contribution is -2.51. The summed E-state index contributed by atoms with van der Waals surface area (Å²) in [6.45, 7) is 8.10. The van der Waals surface area contributed by atoms with Gasteiger partial charge in [0.1, 0.15) is 0 Å². The van der Waals surface area contributed by atoms with Gasteiger partial charge in [-0.1, -0.05) is 0 Å². The summed E-state index contributed by atoms with van der Waals surface area (Å²) in [5, 5.41) is 8.52. The van der Waals surface area contributed by atoms with Gasteiger partial charge in [-0.05, 0) is 64.1 Å². The number of nitrogens with zero attached hydrogens (tertiary/aromatic N) is 5. The van der Waals surface area contributed by atoms with Gasteiger partial charge in [0.25, 0.3) is 0 Å². The number of carbonyl (C=O) groups is 1. The number of rotatable bonds is 3. The average Bonchev–Trinajstić information content (AvgIpc) is 3.23. The Kier molecular flexibility index (Phi) is 5.38. The summed E-state index contributed by atoms with van der Waals surface area (Å²) in [7, 11) is 0. The topological polar surface area (TPSA) is 52.6 Å². The van der Waals surface area contributed by atoms with E-state index < -0.39 is 0 Å². The summed E-state index contributed by atoms with van der Waals surface area (Å²) in [6.07, 6.45) is 6.91. The van der Waals surface area contributed by atoms with E-state index in [0.29, 0.717) is 11.9 Å². The van der Waals surface area contributed by atoms with E-state index in [1.54, 1.807) is 0 Å². The summed E-state index contributed by atoms with van der Waals surface area (Å²) in [6, 6.07) is 4.72. The molecular formula is C20H31N5O. The minimum atomic E-state index is 0.225. The molecule has 3 aliphatic heterocycles. The Morgan fingerprint density at radius 1 is 0.962 bits per heavy atom. The number of anilines is 1. The fraction of sp³-hybridized carbons (Fsp3) is 0.750. The van der Waals surface area contributed by atoms with Crippen molar-refractivity contribution in [1.82, 2.24) is 20.0 Å². The van der Waals surface area contributed by atoms with Crippen LogP contribution in [-0.4, -0.2) is 71.2 Å². The maximum atomic E-state index is 12.8. The minimum absolute atomic E-state index is 0.225. The van der Waals surface area contributed by atoms with Crippen LogP contribution in [0, 0.1) is 12.8 Å². The fourth-order valence-corrected chi connectivity index (χ4v) is 4.76. The third-order valence-electron chi connectivity index (χ3n) is 6.31. The van der Waals surface area contributed by atoms with E-state index in [-0.39, 0.29) is 5.92 Å². The molecule has 0 spiro atoms. The molecule has 4 rings (SSSR count). The van der Waals surface area contributed by atoms with Crippen molar-refractivity contribution in [3.8, 4) is 0 Å². The fourth-order valence-electron chi connectivity index (χ4n) is 4.76. The molecule has 6 heteroatoms. The van der Waals surface area contributed by atoms with E-state index in [0.717, 1.165) is 76.5 Å². The summed E-state index contributed by atoms with van der Waals surface area (Å²) in [5.74, 6) is 1.64. The molecule has 0 bridgehead atoms. The first-order chi connectivity index (χ1) is 12.7. The first kappa shape index (κ1) is 17.7. The van der Waals surface area contributed by atoms with E-state index in [1.807, 2.05) is 13.0 Å². The van der Waals surface area contributed by atoms with Crippen LogP contribution in [0.3, 0.4) is 0 Å². The first-order valence-corrected chi connectivity index (χ1v) is 10.3. The molecule has 3 saturated heterocycles. The molecule has 4 heterocycles. The smallest absolute Gasteiger partial charge is 0.226 e. The lowest BCUT2D eigenvalue weighted by atomic mass is 9.93. The molecule has 1 aromatic rings. The third kappa shape index (κ3) is 3.85. The van der Waals surface area contributed by atoms with E-state index in [4.69, 9.17) is 0 Å². The van der Waals surface area contributed by atoms with E-state index in [9.17, 15) is 4.79 Å². The molecule has 142 valence electrons. The highest BCUT2D eigenvalue weighted by Gasteiger charge is 2.34. The van der Waals surface area contributed by atoms with Gasteiger partial charge in [0.2, 0.25) is 5.91 Å². The molecule has 0 aromatic carbocycles. The summed E-state index contributed by atoms with van der Waals surface area (Å²) in [5.41, 5.74) is 0.964. The molecule has 0 N–H and O–H groups in total. The van der Waals surface area contributed by atoms with Crippen LogP contribution in [0.15, 0.2) is 12.1 Å². The van der Waals surface area contributed by atoms with Crippen LogP contribution in [0.2, 0.25) is 0 Å². The SMILES string of the molecule is Cc1ccc(N2CCC(N3CCCC(C(=O)N4CCCC4)C3)CC2)nn1. The number of aromatic nitrogens is 2. The lowest BCUT2D eigenvalue weighted by Gasteiger charge is -2.42. The standard InChI is InChI=1S/C20H31N5O/c1-16-6-7-19(22-21-16)23-13-8-18(9-14-23)25-12-4-5-17(15-25)20(26)24-10-2-3-11-24/h6-7,17-18H,2-5,8-15H2,1H3. The highest BCUT2D eigenvalue weighted by atomic mass is 16.2. The predicted octanol–water partition coefficient (Wildman–Crippen LogP) is 2.09. The largest absolute Gasteiger partial charge is 0.355 e. The van der Waals surface area contributed by atoms with Gasteiger partial charge >= 0.3 is 0 Å². The first-order valence-electron chi connectivity index (χ1n) is 10.3. The van der Waals surface area contributed by atoms with Crippen LogP contribution in [0.25, 0.3) is 0 Å². The predicted molar refractivity (Wildman–Crippen MR) is 102 cm³/mol. The van der Waals surface area contributed by atoms with Crippen LogP contribution in [0.5, 0.6) is 0 Å². The number of amides is 1. The second-order valence-corrected chi connectivity index (χ2v) is 8.12. The Bertz CT molecular complexity index is 605. The van der Waals surface area contributed by atoms with E-state index >= 15 is 0 Å². The normalized spacial score (nSPS) is 25.7. The maximum absolute atomic E-state index is 12.8. The minimum Gasteiger partial charge on any atom is -0.355 e. The van der Waals surface area contributed by atoms with Gasteiger partial charge in [0, 0.05) is 38.8 Å². The zero-order valence-corrected chi connectivity index (χ0v) is 15.9. The molecule has 1 unspecified atom stereocenters. The zero-order valence-electron chi connectivity index (χ0n) is 15.9. The van der Waals surface area contributed by atoms with Gasteiger partial charge in [0.15, 0.2) is 5.82 Å². The zero-order chi connectivity index (χ0) is 17.9. The van der Waals surface area contributed by atoms with Crippen LogP contribution in [0.4, 0.5) is 5.82 Å². The van der Waals surface area contributed by atoms with Crippen molar-refractivity contribution in [1.29, 1.82) is 0 Å². The Labute approximate surface area is 156 Å². The molecule has 1 atom stereocenters. The molecule has 0 radical (unpaired) electrons. The monoisotopic (exact) mass is 357 g/mol. The van der Waals surface area contributed by atoms with Gasteiger partial charge < -0.3 is 9.80 Å². The molecule has 0 aliphatic carbocycles. The van der Waals surface area contributed by atoms with Crippen molar-refractivity contribution < 1.29 is 4.79 Å². The number of piperidine rings is 2. The van der Waals surface area contributed by atoms with E-state index in [2.05, 4.69) is 31.0 Å². The number of likely N-dealkylation sites (tertiary alicyclic amines) is 2. The van der Waals surface area contributed by atoms with Gasteiger partial charge in [-0.15, -0.1) is 5.10 Å². The van der Waals surface area contributed by atoms with Crippen molar-refractivity contribution in [2.45, 2.75) is 51.5 Å². The molecule has 3 fully saturated rings. The molecule has 0 saturated carbocycles. The van der Waals surface area contributed by atoms with Crippen molar-refractivity contribution in [3.05, 3.63) is 17.8 Å². The molecule has 26 heavy (non-hydrogen) atoms. The number of hydrogen-bond donors (Lipinski definition) is 0. The number of hydrogen-bond acceptors (Lipinski definition) is 5. The Hall–Kier alpha value is -1.69. The molecule has 6 nitrogen and oxygen atoms in total. The van der Waals surface area contributed by atoms with Crippen molar-refractivity contribution >= 4 is 11.7 Å². The van der Waals surface area contributed by atoms with Gasteiger partial charge in [-0.2, -0.15) is 5.10 Å². The van der Waals surface area contributed by atoms with Gasteiger partial charge in [-0.25, -0.2) is 0 Å². The third-order valence-corrected chi connectivity index (χ3v) is 6.31. The Morgan fingerprint density at radius 2 is 1.73 bits per heavy atom. The molecule has 1 amide bonds. The van der Waals surface area contributed by atoms with Crippen LogP contribution in [-0.2, 0) is 4.79 Å². The Morgan fingerprint density at radius 3 is 2.42 bits per heavy atom. The van der Waals surface area contributed by atoms with Gasteiger partial charge in [-0.3, -0.25) is 9.69 Å². The van der Waals surface area contributed by atoms with Crippen molar-refractivity contribution in [2.24, 2.45) is 5.92 Å². The second-order valence-electron chi connectivity index (χ2n) is 8.12. The summed E-state index contributed by atoms with van der Waals surface area (Å²) >= 11 is 0. The highest BCUT2D eigenvalue weighted by Crippen LogP contribution is 2.27. The number of aryl methyl sites for hydroxylation is 1. The quantitative estimate of drug-likeness (QED) is 0.829. The molecular weight excluding hydrogens is 326 g/mol. The Balaban J connectivity index is 1.31. The van der Waals surface area contributed by atoms with Crippen molar-refractivity contribution in [3.63, 3.8) is 0 Å². The maximum Gasteiger partial charge on any atom is 0.226 e. The summed E-state index contributed by atoms with van der Waals surface area (Å²) in [4.78, 5) is 19.8. The van der Waals surface area contributed by atoms with Crippen LogP contribution < -0.4 is 4.90 Å². The summed E-state index contributed by atoms with van der Waals surface area (Å²) < 4.78 is 0. The van der Waals surface area contributed by atoms with Gasteiger partial charge in [0.05, 0.1) is 11.6 Å². The molecule has 1 aromatic heterocycles. The van der Waals surface area contributed by atoms with Crippen molar-refractivity contribution in [2.75, 3.05) is 44.2 Å².